The summed E-state index contributed by atoms with van der Waals surface area (Å²) >= 11 is 0. The molecule has 0 radical (unpaired) electrons. The number of hydrogen-bond acceptors (Lipinski definition) is 3. The van der Waals surface area contributed by atoms with Crippen LogP contribution in [-0.4, -0.2) is 4.98 Å². The molecule has 1 unspecified atom stereocenters. The van der Waals surface area contributed by atoms with Gasteiger partial charge in [-0.3, -0.25) is 10.8 Å². The molecule has 0 amide bonds. The molecular formula is C16H15N3. The molecule has 3 heteroatoms. The zero-order valence-electron chi connectivity index (χ0n) is 10.5. The predicted octanol–water partition coefficient (Wildman–Crippen LogP) is 2.79. The topological polar surface area (TPSA) is 50.9 Å². The van der Waals surface area contributed by atoms with E-state index in [0.717, 1.165) is 16.5 Å². The molecule has 0 aliphatic heterocycles. The number of fused-ring (bicyclic) bond motifs is 1. The van der Waals surface area contributed by atoms with Crippen molar-refractivity contribution in [3.63, 3.8) is 0 Å². The van der Waals surface area contributed by atoms with E-state index in [4.69, 9.17) is 5.84 Å². The molecule has 0 bridgehead atoms. The smallest absolute Gasteiger partial charge is 0.0716 e. The van der Waals surface area contributed by atoms with Crippen LogP contribution in [0.3, 0.4) is 0 Å². The first-order valence-corrected chi connectivity index (χ1v) is 6.24. The number of nitrogens with zero attached hydrogens (tertiary/aromatic N) is 1. The summed E-state index contributed by atoms with van der Waals surface area (Å²) in [6.45, 7) is 0. The number of hydrogen-bond donors (Lipinski definition) is 2. The van der Waals surface area contributed by atoms with Gasteiger partial charge in [0.25, 0.3) is 0 Å². The summed E-state index contributed by atoms with van der Waals surface area (Å²) in [5, 5.41) is 2.29. The van der Waals surface area contributed by atoms with Crippen molar-refractivity contribution in [1.29, 1.82) is 0 Å². The summed E-state index contributed by atoms with van der Waals surface area (Å²) in [4.78, 5) is 4.22. The summed E-state index contributed by atoms with van der Waals surface area (Å²) in [5.41, 5.74) is 5.18. The average molecular weight is 249 g/mol. The van der Waals surface area contributed by atoms with Gasteiger partial charge in [0.15, 0.2) is 0 Å². The summed E-state index contributed by atoms with van der Waals surface area (Å²) in [5.74, 6) is 5.76. The molecule has 0 aliphatic carbocycles. The standard InChI is InChI=1S/C16H15N3/c17-19-16(13-5-2-1-3-6-13)14-8-4-7-12-9-10-18-11-15(12)14/h1-11,16,19H,17H2. The molecule has 94 valence electrons. The Bertz CT molecular complexity index is 674. The number of rotatable bonds is 3. The van der Waals surface area contributed by atoms with Crippen molar-refractivity contribution in [3.8, 4) is 0 Å². The number of pyridine rings is 1. The minimum absolute atomic E-state index is 0.0332. The highest BCUT2D eigenvalue weighted by Crippen LogP contribution is 2.27. The first-order valence-electron chi connectivity index (χ1n) is 6.24. The second kappa shape index (κ2) is 5.18. The number of aromatic nitrogens is 1. The van der Waals surface area contributed by atoms with E-state index >= 15 is 0 Å². The highest BCUT2D eigenvalue weighted by molar-refractivity contribution is 5.85. The summed E-state index contributed by atoms with van der Waals surface area (Å²) < 4.78 is 0. The Morgan fingerprint density at radius 3 is 2.58 bits per heavy atom. The summed E-state index contributed by atoms with van der Waals surface area (Å²) in [7, 11) is 0. The van der Waals surface area contributed by atoms with Gasteiger partial charge < -0.3 is 0 Å². The molecule has 0 spiro atoms. The highest BCUT2D eigenvalue weighted by Gasteiger charge is 2.14. The van der Waals surface area contributed by atoms with Crippen molar-refractivity contribution in [1.82, 2.24) is 10.4 Å². The van der Waals surface area contributed by atoms with Crippen LogP contribution in [0.4, 0.5) is 0 Å². The van der Waals surface area contributed by atoms with E-state index in [9.17, 15) is 0 Å². The third-order valence-electron chi connectivity index (χ3n) is 3.33. The van der Waals surface area contributed by atoms with E-state index in [2.05, 4.69) is 34.7 Å². The minimum Gasteiger partial charge on any atom is -0.271 e. The van der Waals surface area contributed by atoms with Crippen LogP contribution in [0, 0.1) is 0 Å². The molecule has 2 aromatic carbocycles. The molecule has 0 aliphatic rings. The molecule has 0 saturated carbocycles. The maximum atomic E-state index is 5.76. The van der Waals surface area contributed by atoms with Crippen LogP contribution in [0.25, 0.3) is 10.8 Å². The Kier molecular flexibility index (Phi) is 3.23. The lowest BCUT2D eigenvalue weighted by atomic mass is 9.95. The van der Waals surface area contributed by atoms with Gasteiger partial charge in [0, 0.05) is 17.8 Å². The van der Waals surface area contributed by atoms with E-state index in [1.54, 1.807) is 6.20 Å². The fourth-order valence-corrected chi connectivity index (χ4v) is 2.40. The van der Waals surface area contributed by atoms with Crippen molar-refractivity contribution in [2.24, 2.45) is 5.84 Å². The van der Waals surface area contributed by atoms with Crippen LogP contribution in [0.5, 0.6) is 0 Å². The van der Waals surface area contributed by atoms with Gasteiger partial charge in [-0.25, -0.2) is 5.43 Å². The van der Waals surface area contributed by atoms with E-state index in [1.807, 2.05) is 36.5 Å². The zero-order valence-corrected chi connectivity index (χ0v) is 10.5. The first kappa shape index (κ1) is 11.8. The molecule has 3 aromatic rings. The molecule has 1 atom stereocenters. The molecule has 0 saturated heterocycles. The third kappa shape index (κ3) is 2.21. The monoisotopic (exact) mass is 249 g/mol. The molecule has 0 fully saturated rings. The van der Waals surface area contributed by atoms with E-state index in [-0.39, 0.29) is 6.04 Å². The maximum absolute atomic E-state index is 5.76. The van der Waals surface area contributed by atoms with Crippen LogP contribution in [0.1, 0.15) is 17.2 Å². The molecule has 3 nitrogen and oxygen atoms in total. The molecular weight excluding hydrogens is 234 g/mol. The molecule has 1 heterocycles. The summed E-state index contributed by atoms with van der Waals surface area (Å²) in [6, 6.07) is 18.4. The van der Waals surface area contributed by atoms with Gasteiger partial charge in [0.1, 0.15) is 0 Å². The van der Waals surface area contributed by atoms with E-state index in [1.165, 1.54) is 5.39 Å². The van der Waals surface area contributed by atoms with E-state index < -0.39 is 0 Å². The van der Waals surface area contributed by atoms with Gasteiger partial charge in [-0.1, -0.05) is 48.5 Å². The summed E-state index contributed by atoms with van der Waals surface area (Å²) in [6.07, 6.45) is 3.69. The van der Waals surface area contributed by atoms with Gasteiger partial charge in [0.2, 0.25) is 0 Å². The maximum Gasteiger partial charge on any atom is 0.0716 e. The predicted molar refractivity (Wildman–Crippen MR) is 77.4 cm³/mol. The first-order chi connectivity index (χ1) is 9.40. The van der Waals surface area contributed by atoms with Crippen LogP contribution in [0.2, 0.25) is 0 Å². The van der Waals surface area contributed by atoms with Gasteiger partial charge in [0.05, 0.1) is 6.04 Å². The fourth-order valence-electron chi connectivity index (χ4n) is 2.40. The van der Waals surface area contributed by atoms with Crippen molar-refractivity contribution in [2.75, 3.05) is 0 Å². The van der Waals surface area contributed by atoms with Crippen LogP contribution < -0.4 is 11.3 Å². The molecule has 3 rings (SSSR count). The van der Waals surface area contributed by atoms with Gasteiger partial charge in [-0.2, -0.15) is 0 Å². The number of nitrogens with one attached hydrogen (secondary N) is 1. The number of nitrogens with two attached hydrogens (primary N) is 1. The van der Waals surface area contributed by atoms with Gasteiger partial charge >= 0.3 is 0 Å². The largest absolute Gasteiger partial charge is 0.271 e. The Morgan fingerprint density at radius 1 is 0.947 bits per heavy atom. The normalized spacial score (nSPS) is 12.5. The quantitative estimate of drug-likeness (QED) is 0.554. The molecule has 19 heavy (non-hydrogen) atoms. The molecule has 3 N–H and O–H groups in total. The highest BCUT2D eigenvalue weighted by atomic mass is 15.2. The fraction of sp³-hybridized carbons (Fsp3) is 0.0625. The lowest BCUT2D eigenvalue weighted by Crippen LogP contribution is -2.28. The van der Waals surface area contributed by atoms with Crippen molar-refractivity contribution < 1.29 is 0 Å². The third-order valence-corrected chi connectivity index (χ3v) is 3.33. The number of hydrazine groups is 1. The second-order valence-electron chi connectivity index (χ2n) is 4.45. The number of benzene rings is 2. The van der Waals surface area contributed by atoms with Crippen LogP contribution in [0.15, 0.2) is 67.0 Å². The van der Waals surface area contributed by atoms with Gasteiger partial charge in [-0.05, 0) is 22.6 Å². The van der Waals surface area contributed by atoms with Crippen molar-refractivity contribution in [2.45, 2.75) is 6.04 Å². The lowest BCUT2D eigenvalue weighted by molar-refractivity contribution is 0.641. The Labute approximate surface area is 112 Å². The van der Waals surface area contributed by atoms with E-state index in [0.29, 0.717) is 0 Å². The van der Waals surface area contributed by atoms with Crippen molar-refractivity contribution >= 4 is 10.8 Å². The minimum atomic E-state index is -0.0332. The van der Waals surface area contributed by atoms with Crippen molar-refractivity contribution in [3.05, 3.63) is 78.1 Å². The molecule has 1 aromatic heterocycles. The SMILES string of the molecule is NNC(c1ccccc1)c1cccc2ccncc12. The lowest BCUT2D eigenvalue weighted by Gasteiger charge is -2.18. The van der Waals surface area contributed by atoms with Crippen LogP contribution >= 0.6 is 0 Å². The Morgan fingerprint density at radius 2 is 1.79 bits per heavy atom. The average Bonchev–Trinajstić information content (AvgIpc) is 2.49. The van der Waals surface area contributed by atoms with Crippen LogP contribution in [-0.2, 0) is 0 Å². The Hall–Kier alpha value is -2.23. The second-order valence-corrected chi connectivity index (χ2v) is 4.45. The van der Waals surface area contributed by atoms with Gasteiger partial charge in [-0.15, -0.1) is 0 Å². The zero-order chi connectivity index (χ0) is 13.1. The Balaban J connectivity index is 2.17.